The summed E-state index contributed by atoms with van der Waals surface area (Å²) in [5.74, 6) is -1.11. The molecule has 1 atom stereocenters. The van der Waals surface area contributed by atoms with Gasteiger partial charge in [0.05, 0.1) is 10.3 Å². The first kappa shape index (κ1) is 18.6. The first-order chi connectivity index (χ1) is 11.8. The molecule has 25 heavy (non-hydrogen) atoms. The number of thiophene rings is 1. The molecule has 3 rings (SSSR count). The molecule has 7 nitrogen and oxygen atoms in total. The van der Waals surface area contributed by atoms with Crippen molar-refractivity contribution in [2.75, 3.05) is 6.61 Å². The van der Waals surface area contributed by atoms with Gasteiger partial charge in [-0.1, -0.05) is 0 Å². The van der Waals surface area contributed by atoms with Crippen LogP contribution in [0.25, 0.3) is 0 Å². The van der Waals surface area contributed by atoms with E-state index in [9.17, 15) is 19.5 Å². The van der Waals surface area contributed by atoms with Crippen LogP contribution in [0.15, 0.2) is 24.0 Å². The quantitative estimate of drug-likeness (QED) is 0.707. The molecule has 0 amide bonds. The number of aromatic carboxylic acids is 1. The molecule has 0 bridgehead atoms. The van der Waals surface area contributed by atoms with E-state index >= 15 is 0 Å². The van der Waals surface area contributed by atoms with Crippen molar-refractivity contribution in [1.29, 1.82) is 0 Å². The highest BCUT2D eigenvalue weighted by molar-refractivity contribution is 9.13. The molecule has 1 N–H and O–H groups in total. The summed E-state index contributed by atoms with van der Waals surface area (Å²) in [5, 5.41) is 9.38. The van der Waals surface area contributed by atoms with E-state index in [1.807, 2.05) is 0 Å². The molecule has 0 aliphatic carbocycles. The first-order valence-electron chi connectivity index (χ1n) is 7.45. The zero-order chi connectivity index (χ0) is 18.3. The fraction of sp³-hybridized carbons (Fsp3) is 0.400. The second-order valence-electron chi connectivity index (χ2n) is 5.66. The van der Waals surface area contributed by atoms with E-state index in [4.69, 9.17) is 4.74 Å². The molecule has 1 aliphatic heterocycles. The third-order valence-corrected chi connectivity index (χ3v) is 7.56. The van der Waals surface area contributed by atoms with Gasteiger partial charge in [0.1, 0.15) is 11.1 Å². The molecule has 1 saturated heterocycles. The van der Waals surface area contributed by atoms with Gasteiger partial charge in [0.15, 0.2) is 0 Å². The Labute approximate surface area is 163 Å². The van der Waals surface area contributed by atoms with E-state index in [0.29, 0.717) is 32.4 Å². The van der Waals surface area contributed by atoms with E-state index < -0.39 is 23.4 Å². The third kappa shape index (κ3) is 3.40. The van der Waals surface area contributed by atoms with Crippen molar-refractivity contribution >= 4 is 49.2 Å². The van der Waals surface area contributed by atoms with Crippen LogP contribution in [0.4, 0.5) is 0 Å². The average Bonchev–Trinajstić information content (AvgIpc) is 3.18. The number of carboxylic acid groups (broad SMARTS) is 1. The minimum atomic E-state index is -1.11. The van der Waals surface area contributed by atoms with E-state index in [-0.39, 0.29) is 11.4 Å². The monoisotopic (exact) mass is 492 g/mol. The van der Waals surface area contributed by atoms with Crippen molar-refractivity contribution in [3.63, 3.8) is 0 Å². The summed E-state index contributed by atoms with van der Waals surface area (Å²) in [5.41, 5.74) is -0.164. The lowest BCUT2D eigenvalue weighted by atomic mass is 10.2. The van der Waals surface area contributed by atoms with Gasteiger partial charge in [-0.2, -0.15) is 0 Å². The molecule has 134 valence electrons. The SMILES string of the molecule is Cc1cn(C2CCCO2)c(=O)n(Cc2c(C(=O)O)sc(Br)c2Br)c1=O. The largest absolute Gasteiger partial charge is 0.477 e. The topological polar surface area (TPSA) is 90.5 Å². The number of nitrogens with zero attached hydrogens (tertiary/aromatic N) is 2. The number of rotatable bonds is 4. The second-order valence-corrected chi connectivity index (χ2v) is 8.80. The third-order valence-electron chi connectivity index (χ3n) is 4.00. The summed E-state index contributed by atoms with van der Waals surface area (Å²) in [4.78, 5) is 36.9. The number of aromatic nitrogens is 2. The van der Waals surface area contributed by atoms with Gasteiger partial charge in [-0.25, -0.2) is 9.59 Å². The Morgan fingerprint density at radius 1 is 1.44 bits per heavy atom. The molecular formula is C15H14Br2N2O5S. The number of hydrogen-bond acceptors (Lipinski definition) is 5. The van der Waals surface area contributed by atoms with Crippen LogP contribution in [0, 0.1) is 6.92 Å². The van der Waals surface area contributed by atoms with Crippen LogP contribution >= 0.6 is 43.2 Å². The summed E-state index contributed by atoms with van der Waals surface area (Å²) in [6.45, 7) is 2.07. The highest BCUT2D eigenvalue weighted by Gasteiger charge is 2.24. The van der Waals surface area contributed by atoms with E-state index in [0.717, 1.165) is 22.3 Å². The molecule has 2 aromatic heterocycles. The molecule has 1 fully saturated rings. The lowest BCUT2D eigenvalue weighted by molar-refractivity contribution is 0.0512. The molecule has 2 aromatic rings. The van der Waals surface area contributed by atoms with Gasteiger partial charge < -0.3 is 9.84 Å². The summed E-state index contributed by atoms with van der Waals surface area (Å²) in [7, 11) is 0. The highest BCUT2D eigenvalue weighted by Crippen LogP contribution is 2.37. The molecular weight excluding hydrogens is 480 g/mol. The van der Waals surface area contributed by atoms with Gasteiger partial charge >= 0.3 is 11.7 Å². The van der Waals surface area contributed by atoms with Crippen molar-refractivity contribution in [3.05, 3.63) is 51.3 Å². The number of carbonyl (C=O) groups is 1. The number of aryl methyl sites for hydroxylation is 1. The number of hydrogen-bond donors (Lipinski definition) is 1. The van der Waals surface area contributed by atoms with Crippen LogP contribution in [0.2, 0.25) is 0 Å². The second kappa shape index (κ2) is 7.18. The lowest BCUT2D eigenvalue weighted by Crippen LogP contribution is -2.42. The Balaban J connectivity index is 2.14. The normalized spacial score (nSPS) is 17.2. The predicted octanol–water partition coefficient (Wildman–Crippen LogP) is 2.96. The summed E-state index contributed by atoms with van der Waals surface area (Å²) < 4.78 is 9.15. The minimum Gasteiger partial charge on any atom is -0.477 e. The van der Waals surface area contributed by atoms with Crippen LogP contribution in [0.1, 0.15) is 39.9 Å². The van der Waals surface area contributed by atoms with Gasteiger partial charge in [0.25, 0.3) is 5.56 Å². The van der Waals surface area contributed by atoms with Crippen molar-refractivity contribution in [1.82, 2.24) is 9.13 Å². The van der Waals surface area contributed by atoms with Crippen LogP contribution in [-0.4, -0.2) is 26.8 Å². The first-order valence-corrected chi connectivity index (χ1v) is 9.85. The fourth-order valence-corrected chi connectivity index (χ4v) is 4.96. The Morgan fingerprint density at radius 3 is 2.76 bits per heavy atom. The number of halogens is 2. The molecule has 1 unspecified atom stereocenters. The molecule has 10 heteroatoms. The van der Waals surface area contributed by atoms with E-state index in [2.05, 4.69) is 31.9 Å². The fourth-order valence-electron chi connectivity index (χ4n) is 2.77. The molecule has 0 aromatic carbocycles. The van der Waals surface area contributed by atoms with Crippen LogP contribution in [0.5, 0.6) is 0 Å². The maximum Gasteiger partial charge on any atom is 0.346 e. The molecule has 1 aliphatic rings. The van der Waals surface area contributed by atoms with Gasteiger partial charge in [-0.05, 0) is 51.6 Å². The average molecular weight is 494 g/mol. The Hall–Kier alpha value is -1.23. The Bertz CT molecular complexity index is 956. The maximum atomic E-state index is 12.8. The summed E-state index contributed by atoms with van der Waals surface area (Å²) >= 11 is 7.65. The zero-order valence-electron chi connectivity index (χ0n) is 13.1. The zero-order valence-corrected chi connectivity index (χ0v) is 17.1. The molecule has 0 saturated carbocycles. The lowest BCUT2D eigenvalue weighted by Gasteiger charge is -2.16. The molecule has 0 spiro atoms. The van der Waals surface area contributed by atoms with Crippen molar-refractivity contribution in [2.24, 2.45) is 0 Å². The van der Waals surface area contributed by atoms with Crippen LogP contribution in [-0.2, 0) is 11.3 Å². The predicted molar refractivity (Wildman–Crippen MR) is 99.7 cm³/mol. The van der Waals surface area contributed by atoms with Crippen molar-refractivity contribution in [3.8, 4) is 0 Å². The van der Waals surface area contributed by atoms with Crippen LogP contribution < -0.4 is 11.2 Å². The number of ether oxygens (including phenoxy) is 1. The van der Waals surface area contributed by atoms with Gasteiger partial charge in [-0.3, -0.25) is 13.9 Å². The number of carboxylic acids is 1. The van der Waals surface area contributed by atoms with E-state index in [1.165, 1.54) is 10.8 Å². The molecule has 0 radical (unpaired) electrons. The van der Waals surface area contributed by atoms with Crippen molar-refractivity contribution in [2.45, 2.75) is 32.5 Å². The molecule has 3 heterocycles. The Morgan fingerprint density at radius 2 is 2.16 bits per heavy atom. The van der Waals surface area contributed by atoms with Gasteiger partial charge in [0.2, 0.25) is 0 Å². The smallest absolute Gasteiger partial charge is 0.346 e. The van der Waals surface area contributed by atoms with Gasteiger partial charge in [-0.15, -0.1) is 11.3 Å². The van der Waals surface area contributed by atoms with E-state index in [1.54, 1.807) is 6.92 Å². The summed E-state index contributed by atoms with van der Waals surface area (Å²) in [6, 6.07) is 0. The highest BCUT2D eigenvalue weighted by atomic mass is 79.9. The van der Waals surface area contributed by atoms with Crippen molar-refractivity contribution < 1.29 is 14.6 Å². The Kier molecular flexibility index (Phi) is 5.33. The minimum absolute atomic E-state index is 0.0789. The maximum absolute atomic E-state index is 12.8. The standard InChI is InChI=1S/C15H14Br2N2O5S/c1-7-5-18(9-3-2-4-24-9)15(23)19(13(7)20)6-8-10(16)12(17)25-11(8)14(21)22/h5,9H,2-4,6H2,1H3,(H,21,22). The summed E-state index contributed by atoms with van der Waals surface area (Å²) in [6.07, 6.45) is 2.66. The van der Waals surface area contributed by atoms with Gasteiger partial charge in [0, 0.05) is 28.4 Å². The van der Waals surface area contributed by atoms with Crippen LogP contribution in [0.3, 0.4) is 0 Å².